The summed E-state index contributed by atoms with van der Waals surface area (Å²) in [6.45, 7) is 0.458. The molecule has 0 aliphatic rings. The minimum atomic E-state index is -0.102. The molecule has 0 radical (unpaired) electrons. The van der Waals surface area contributed by atoms with Crippen molar-refractivity contribution in [2.24, 2.45) is 0 Å². The molecule has 5 rings (SSSR count). The Balaban J connectivity index is 1.42. The van der Waals surface area contributed by atoms with Gasteiger partial charge >= 0.3 is 0 Å². The van der Waals surface area contributed by atoms with E-state index < -0.39 is 0 Å². The van der Waals surface area contributed by atoms with Gasteiger partial charge in [0.2, 0.25) is 0 Å². The van der Waals surface area contributed by atoms with E-state index in [1.165, 1.54) is 5.56 Å². The Hall–Kier alpha value is -4.64. The Bertz CT molecular complexity index is 1380. The number of nitrogens with zero attached hydrogens (tertiary/aromatic N) is 3. The molecule has 0 bridgehead atoms. The van der Waals surface area contributed by atoms with Gasteiger partial charge in [0.05, 0.1) is 0 Å². The summed E-state index contributed by atoms with van der Waals surface area (Å²) in [5.41, 5.74) is 7.25. The van der Waals surface area contributed by atoms with Crippen molar-refractivity contribution in [2.45, 2.75) is 18.9 Å². The molecule has 0 aliphatic carbocycles. The molecule has 0 saturated carbocycles. The highest BCUT2D eigenvalue weighted by atomic mass is 16.1. The van der Waals surface area contributed by atoms with Gasteiger partial charge in [0.15, 0.2) is 0 Å². The molecule has 0 saturated heterocycles. The van der Waals surface area contributed by atoms with E-state index >= 15 is 0 Å². The molecule has 176 valence electrons. The zero-order valence-electron chi connectivity index (χ0n) is 19.8. The van der Waals surface area contributed by atoms with Gasteiger partial charge < -0.3 is 5.32 Å². The number of carbonyl (C=O) groups excluding carboxylic acids is 1. The second-order valence-corrected chi connectivity index (χ2v) is 8.61. The maximum Gasteiger partial charge on any atom is 0.251 e. The average Bonchev–Trinajstić information content (AvgIpc) is 2.96. The van der Waals surface area contributed by atoms with Crippen molar-refractivity contribution in [3.05, 3.63) is 150 Å². The van der Waals surface area contributed by atoms with Gasteiger partial charge in [-0.2, -0.15) is 0 Å². The van der Waals surface area contributed by atoms with E-state index in [1.807, 2.05) is 60.9 Å². The fourth-order valence-electron chi connectivity index (χ4n) is 4.41. The second kappa shape index (κ2) is 11.2. The van der Waals surface area contributed by atoms with Crippen molar-refractivity contribution in [3.8, 4) is 11.1 Å². The highest BCUT2D eigenvalue weighted by molar-refractivity contribution is 5.95. The van der Waals surface area contributed by atoms with Crippen molar-refractivity contribution in [3.63, 3.8) is 0 Å². The van der Waals surface area contributed by atoms with Crippen LogP contribution in [0.25, 0.3) is 11.1 Å². The number of aromatic nitrogens is 3. The first-order chi connectivity index (χ1) is 17.8. The van der Waals surface area contributed by atoms with Gasteiger partial charge in [0, 0.05) is 55.2 Å². The zero-order chi connectivity index (χ0) is 24.6. The third kappa shape index (κ3) is 5.53. The van der Waals surface area contributed by atoms with Gasteiger partial charge in [-0.15, -0.1) is 0 Å². The number of rotatable bonds is 8. The zero-order valence-corrected chi connectivity index (χ0v) is 19.8. The molecule has 5 nitrogen and oxygen atoms in total. The molecule has 3 aromatic heterocycles. The normalized spacial score (nSPS) is 10.8. The van der Waals surface area contributed by atoms with Crippen LogP contribution in [0.15, 0.2) is 122 Å². The summed E-state index contributed by atoms with van der Waals surface area (Å²) >= 11 is 0. The van der Waals surface area contributed by atoms with Crippen molar-refractivity contribution in [1.82, 2.24) is 20.3 Å². The molecule has 36 heavy (non-hydrogen) atoms. The molecule has 0 aliphatic heterocycles. The third-order valence-electron chi connectivity index (χ3n) is 6.25. The maximum absolute atomic E-state index is 12.9. The lowest BCUT2D eigenvalue weighted by atomic mass is 9.85. The van der Waals surface area contributed by atoms with Crippen molar-refractivity contribution < 1.29 is 4.79 Å². The fourth-order valence-corrected chi connectivity index (χ4v) is 4.41. The summed E-state index contributed by atoms with van der Waals surface area (Å²) in [7, 11) is 0. The van der Waals surface area contributed by atoms with Crippen LogP contribution < -0.4 is 5.32 Å². The van der Waals surface area contributed by atoms with E-state index in [0.29, 0.717) is 12.1 Å². The SMILES string of the molecule is O=C(NCc1ccncc1)c1cccc(-c2ccccc2CC(c2cccnc2)c2cccnc2)c1. The summed E-state index contributed by atoms with van der Waals surface area (Å²) < 4.78 is 0. The summed E-state index contributed by atoms with van der Waals surface area (Å²) in [5, 5.41) is 3.00. The summed E-state index contributed by atoms with van der Waals surface area (Å²) in [6.07, 6.45) is 11.7. The molecule has 1 amide bonds. The molecular formula is C31H26N4O. The third-order valence-corrected chi connectivity index (χ3v) is 6.25. The molecule has 3 heterocycles. The summed E-state index contributed by atoms with van der Waals surface area (Å²) in [6, 6.07) is 28.1. The number of nitrogens with one attached hydrogen (secondary N) is 1. The number of benzene rings is 2. The lowest BCUT2D eigenvalue weighted by molar-refractivity contribution is 0.0951. The van der Waals surface area contributed by atoms with Crippen LogP contribution in [0.5, 0.6) is 0 Å². The Labute approximate surface area is 210 Å². The van der Waals surface area contributed by atoms with Crippen molar-refractivity contribution in [1.29, 1.82) is 0 Å². The van der Waals surface area contributed by atoms with Gasteiger partial charge in [-0.05, 0) is 76.2 Å². The predicted molar refractivity (Wildman–Crippen MR) is 141 cm³/mol. The quantitative estimate of drug-likeness (QED) is 0.309. The maximum atomic E-state index is 12.9. The van der Waals surface area contributed by atoms with Crippen molar-refractivity contribution >= 4 is 5.91 Å². The second-order valence-electron chi connectivity index (χ2n) is 8.61. The van der Waals surface area contributed by atoms with Gasteiger partial charge in [0.25, 0.3) is 5.91 Å². The minimum absolute atomic E-state index is 0.102. The van der Waals surface area contributed by atoms with Crippen LogP contribution >= 0.6 is 0 Å². The minimum Gasteiger partial charge on any atom is -0.348 e. The van der Waals surface area contributed by atoms with Gasteiger partial charge in [-0.1, -0.05) is 48.5 Å². The summed E-state index contributed by atoms with van der Waals surface area (Å²) in [5.74, 6) is 0.00938. The Morgan fingerprint density at radius 2 is 1.44 bits per heavy atom. The van der Waals surface area contributed by atoms with E-state index in [1.54, 1.807) is 24.8 Å². The Morgan fingerprint density at radius 3 is 2.14 bits per heavy atom. The number of pyridine rings is 3. The fraction of sp³-hybridized carbons (Fsp3) is 0.0968. The Morgan fingerprint density at radius 1 is 0.722 bits per heavy atom. The average molecular weight is 471 g/mol. The number of carbonyl (C=O) groups is 1. The lowest BCUT2D eigenvalue weighted by Gasteiger charge is -2.20. The topological polar surface area (TPSA) is 67.8 Å². The molecule has 2 aromatic carbocycles. The molecule has 0 spiro atoms. The lowest BCUT2D eigenvalue weighted by Crippen LogP contribution is -2.22. The van der Waals surface area contributed by atoms with Crippen LogP contribution in [0.1, 0.15) is 38.5 Å². The number of amides is 1. The molecule has 0 fully saturated rings. The van der Waals surface area contributed by atoms with Gasteiger partial charge in [-0.3, -0.25) is 19.7 Å². The van der Waals surface area contributed by atoms with Gasteiger partial charge in [-0.25, -0.2) is 0 Å². The number of hydrogen-bond donors (Lipinski definition) is 1. The molecule has 0 atom stereocenters. The summed E-state index contributed by atoms with van der Waals surface area (Å²) in [4.78, 5) is 25.6. The van der Waals surface area contributed by atoms with E-state index in [-0.39, 0.29) is 11.8 Å². The first kappa shape index (κ1) is 23.1. The molecule has 5 aromatic rings. The monoisotopic (exact) mass is 470 g/mol. The van der Waals surface area contributed by atoms with E-state index in [0.717, 1.165) is 34.2 Å². The predicted octanol–water partition coefficient (Wildman–Crippen LogP) is 5.84. The van der Waals surface area contributed by atoms with Crippen LogP contribution in [-0.4, -0.2) is 20.9 Å². The van der Waals surface area contributed by atoms with Crippen LogP contribution in [0.3, 0.4) is 0 Å². The highest BCUT2D eigenvalue weighted by Gasteiger charge is 2.18. The van der Waals surface area contributed by atoms with Crippen molar-refractivity contribution in [2.75, 3.05) is 0 Å². The number of hydrogen-bond acceptors (Lipinski definition) is 4. The van der Waals surface area contributed by atoms with Crippen LogP contribution in [0.2, 0.25) is 0 Å². The molecule has 1 N–H and O–H groups in total. The van der Waals surface area contributed by atoms with Crippen LogP contribution in [-0.2, 0) is 13.0 Å². The molecular weight excluding hydrogens is 444 g/mol. The largest absolute Gasteiger partial charge is 0.348 e. The van der Waals surface area contributed by atoms with Gasteiger partial charge in [0.1, 0.15) is 0 Å². The Kier molecular flexibility index (Phi) is 7.19. The highest BCUT2D eigenvalue weighted by Crippen LogP contribution is 2.32. The van der Waals surface area contributed by atoms with E-state index in [2.05, 4.69) is 56.7 Å². The van der Waals surface area contributed by atoms with E-state index in [4.69, 9.17) is 0 Å². The molecule has 0 unspecified atom stereocenters. The first-order valence-corrected chi connectivity index (χ1v) is 11.9. The first-order valence-electron chi connectivity index (χ1n) is 11.9. The van der Waals surface area contributed by atoms with E-state index in [9.17, 15) is 4.79 Å². The molecule has 5 heteroatoms. The standard InChI is InChI=1S/C31H26N4O/c36-31(35-20-23-12-16-32-17-13-23)26-8-3-7-24(18-26)29-11-2-1-6-25(29)19-30(27-9-4-14-33-21-27)28-10-5-15-34-22-28/h1-18,21-22,30H,19-20H2,(H,35,36). The van der Waals surface area contributed by atoms with Crippen LogP contribution in [0, 0.1) is 0 Å². The van der Waals surface area contributed by atoms with Crippen LogP contribution in [0.4, 0.5) is 0 Å². The smallest absolute Gasteiger partial charge is 0.251 e.